The molecule has 0 saturated carbocycles. The lowest BCUT2D eigenvalue weighted by molar-refractivity contribution is -0.137. The molecule has 1 aromatic rings. The van der Waals surface area contributed by atoms with E-state index in [1.165, 1.54) is 30.4 Å². The number of aryl methyl sites for hydroxylation is 1. The third-order valence-electron chi connectivity index (χ3n) is 5.40. The molecule has 146 valence electrons. The number of aliphatic carboxylic acids is 1. The van der Waals surface area contributed by atoms with Crippen molar-refractivity contribution in [2.75, 3.05) is 0 Å². The van der Waals surface area contributed by atoms with Crippen molar-refractivity contribution >= 4 is 5.97 Å². The summed E-state index contributed by atoms with van der Waals surface area (Å²) in [6.07, 6.45) is 9.62. The second-order valence-electron chi connectivity index (χ2n) is 7.56. The quantitative estimate of drug-likeness (QED) is 0.471. The lowest BCUT2D eigenvalue weighted by Gasteiger charge is -2.23. The van der Waals surface area contributed by atoms with Crippen LogP contribution in [0.25, 0.3) is 0 Å². The molecule has 0 radical (unpaired) electrons. The Morgan fingerprint density at radius 1 is 1.26 bits per heavy atom. The van der Waals surface area contributed by atoms with Crippen molar-refractivity contribution in [3.8, 4) is 11.8 Å². The fourth-order valence-corrected chi connectivity index (χ4v) is 3.82. The minimum absolute atomic E-state index is 0.0398. The summed E-state index contributed by atoms with van der Waals surface area (Å²) >= 11 is 0. The third kappa shape index (κ3) is 7.23. The standard InChI is InChI=1S/C24H32O3/c1-3-6-22(17-24(26)27)21-13-11-18(12-14-21)9-10-19-7-5-8-20(15-19)16-23(25)4-2/h11-15,20,22-23,25H,4-5,7-10,16-17H2,1-2H3,(H,26,27)/t20?,22?,23-/m1/s1. The SMILES string of the molecule is CC#CC(CC(=O)O)c1ccc(CCC2=CC(C[C@H](O)CC)CCC2)cc1. The van der Waals surface area contributed by atoms with Gasteiger partial charge in [-0.3, -0.25) is 4.79 Å². The van der Waals surface area contributed by atoms with Crippen LogP contribution in [0.5, 0.6) is 0 Å². The van der Waals surface area contributed by atoms with Gasteiger partial charge >= 0.3 is 5.97 Å². The van der Waals surface area contributed by atoms with Gasteiger partial charge in [-0.15, -0.1) is 5.92 Å². The number of aliphatic hydroxyl groups excluding tert-OH is 1. The number of rotatable bonds is 9. The van der Waals surface area contributed by atoms with Gasteiger partial charge in [0.05, 0.1) is 18.4 Å². The number of carboxylic acids is 1. The van der Waals surface area contributed by atoms with Crippen LogP contribution in [0.1, 0.15) is 75.8 Å². The predicted octanol–water partition coefficient (Wildman–Crippen LogP) is 5.09. The topological polar surface area (TPSA) is 57.5 Å². The van der Waals surface area contributed by atoms with Crippen LogP contribution in [-0.4, -0.2) is 22.3 Å². The van der Waals surface area contributed by atoms with Gasteiger partial charge in [0.15, 0.2) is 0 Å². The number of benzene rings is 1. The Morgan fingerprint density at radius 2 is 2.00 bits per heavy atom. The number of aliphatic hydroxyl groups is 1. The van der Waals surface area contributed by atoms with E-state index in [1.807, 2.05) is 19.1 Å². The Labute approximate surface area is 163 Å². The molecule has 0 amide bonds. The van der Waals surface area contributed by atoms with E-state index < -0.39 is 5.97 Å². The van der Waals surface area contributed by atoms with Gasteiger partial charge in [-0.2, -0.15) is 0 Å². The first-order valence-electron chi connectivity index (χ1n) is 10.1. The van der Waals surface area contributed by atoms with Crippen LogP contribution in [0.15, 0.2) is 35.9 Å². The highest BCUT2D eigenvalue weighted by Gasteiger charge is 2.17. The van der Waals surface area contributed by atoms with E-state index in [2.05, 4.69) is 30.0 Å². The molecule has 2 rings (SSSR count). The zero-order chi connectivity index (χ0) is 19.6. The van der Waals surface area contributed by atoms with E-state index in [1.54, 1.807) is 6.92 Å². The summed E-state index contributed by atoms with van der Waals surface area (Å²) < 4.78 is 0. The number of allylic oxidation sites excluding steroid dienone is 2. The van der Waals surface area contributed by atoms with Crippen molar-refractivity contribution < 1.29 is 15.0 Å². The fourth-order valence-electron chi connectivity index (χ4n) is 3.82. The maximum Gasteiger partial charge on any atom is 0.304 e. The number of carboxylic acid groups (broad SMARTS) is 1. The van der Waals surface area contributed by atoms with Gasteiger partial charge in [-0.05, 0) is 68.9 Å². The third-order valence-corrected chi connectivity index (χ3v) is 5.40. The molecule has 0 aromatic heterocycles. The summed E-state index contributed by atoms with van der Waals surface area (Å²) in [5.74, 6) is 5.30. The van der Waals surface area contributed by atoms with Gasteiger partial charge < -0.3 is 10.2 Å². The maximum absolute atomic E-state index is 11.0. The van der Waals surface area contributed by atoms with Crippen molar-refractivity contribution in [1.29, 1.82) is 0 Å². The lowest BCUT2D eigenvalue weighted by atomic mass is 9.84. The Morgan fingerprint density at radius 3 is 2.63 bits per heavy atom. The summed E-state index contributed by atoms with van der Waals surface area (Å²) in [6, 6.07) is 8.23. The first-order chi connectivity index (χ1) is 13.0. The molecular formula is C24H32O3. The smallest absolute Gasteiger partial charge is 0.304 e. The normalized spacial score (nSPS) is 18.8. The number of hydrogen-bond acceptors (Lipinski definition) is 2. The van der Waals surface area contributed by atoms with Gasteiger partial charge in [0.2, 0.25) is 0 Å². The first-order valence-corrected chi connectivity index (χ1v) is 10.1. The second-order valence-corrected chi connectivity index (χ2v) is 7.56. The van der Waals surface area contributed by atoms with Crippen LogP contribution in [0.4, 0.5) is 0 Å². The molecule has 1 aliphatic rings. The second kappa shape index (κ2) is 10.9. The van der Waals surface area contributed by atoms with Gasteiger partial charge in [-0.25, -0.2) is 0 Å². The molecule has 0 spiro atoms. The molecule has 0 heterocycles. The highest BCUT2D eigenvalue weighted by atomic mass is 16.4. The van der Waals surface area contributed by atoms with E-state index in [0.29, 0.717) is 5.92 Å². The average molecular weight is 369 g/mol. The molecule has 3 atom stereocenters. The first kappa shape index (κ1) is 21.3. The van der Waals surface area contributed by atoms with E-state index >= 15 is 0 Å². The monoisotopic (exact) mass is 368 g/mol. The van der Waals surface area contributed by atoms with Crippen LogP contribution in [0.3, 0.4) is 0 Å². The maximum atomic E-state index is 11.0. The highest BCUT2D eigenvalue weighted by molar-refractivity contribution is 5.69. The van der Waals surface area contributed by atoms with Gasteiger partial charge in [-0.1, -0.05) is 48.8 Å². The molecule has 1 aliphatic carbocycles. The summed E-state index contributed by atoms with van der Waals surface area (Å²) in [5, 5.41) is 18.9. The predicted molar refractivity (Wildman–Crippen MR) is 110 cm³/mol. The Bertz CT molecular complexity index is 691. The minimum atomic E-state index is -0.821. The summed E-state index contributed by atoms with van der Waals surface area (Å²) in [5.41, 5.74) is 3.76. The molecule has 0 bridgehead atoms. The van der Waals surface area contributed by atoms with Crippen molar-refractivity contribution in [1.82, 2.24) is 0 Å². The zero-order valence-electron chi connectivity index (χ0n) is 16.6. The largest absolute Gasteiger partial charge is 0.481 e. The van der Waals surface area contributed by atoms with Crippen LogP contribution in [0, 0.1) is 17.8 Å². The molecule has 1 aromatic carbocycles. The van der Waals surface area contributed by atoms with Gasteiger partial charge in [0.25, 0.3) is 0 Å². The number of hydrogen-bond donors (Lipinski definition) is 2. The Hall–Kier alpha value is -2.05. The molecular weight excluding hydrogens is 336 g/mol. The molecule has 0 aliphatic heterocycles. The summed E-state index contributed by atoms with van der Waals surface area (Å²) in [4.78, 5) is 11.0. The van der Waals surface area contributed by atoms with E-state index in [9.17, 15) is 9.90 Å². The van der Waals surface area contributed by atoms with E-state index in [0.717, 1.165) is 31.2 Å². The molecule has 0 saturated heterocycles. The van der Waals surface area contributed by atoms with E-state index in [-0.39, 0.29) is 18.4 Å². The van der Waals surface area contributed by atoms with Crippen LogP contribution in [0.2, 0.25) is 0 Å². The zero-order valence-corrected chi connectivity index (χ0v) is 16.6. The van der Waals surface area contributed by atoms with E-state index in [4.69, 9.17) is 5.11 Å². The molecule has 3 nitrogen and oxygen atoms in total. The van der Waals surface area contributed by atoms with Gasteiger partial charge in [0.1, 0.15) is 0 Å². The van der Waals surface area contributed by atoms with Crippen molar-refractivity contribution in [3.05, 3.63) is 47.0 Å². The minimum Gasteiger partial charge on any atom is -0.481 e. The molecule has 27 heavy (non-hydrogen) atoms. The molecule has 0 fully saturated rings. The number of carbonyl (C=O) groups is 1. The summed E-state index contributed by atoms with van der Waals surface area (Å²) in [6.45, 7) is 3.78. The average Bonchev–Trinajstić information content (AvgIpc) is 2.66. The highest BCUT2D eigenvalue weighted by Crippen LogP contribution is 2.29. The van der Waals surface area contributed by atoms with Crippen molar-refractivity contribution in [2.24, 2.45) is 5.92 Å². The molecule has 2 unspecified atom stereocenters. The van der Waals surface area contributed by atoms with Crippen LogP contribution < -0.4 is 0 Å². The van der Waals surface area contributed by atoms with Crippen molar-refractivity contribution in [2.45, 2.75) is 77.2 Å². The van der Waals surface area contributed by atoms with Gasteiger partial charge in [0, 0.05) is 0 Å². The Balaban J connectivity index is 1.94. The molecule has 3 heteroatoms. The summed E-state index contributed by atoms with van der Waals surface area (Å²) in [7, 11) is 0. The van der Waals surface area contributed by atoms with Crippen LogP contribution in [-0.2, 0) is 11.2 Å². The van der Waals surface area contributed by atoms with Crippen LogP contribution >= 0.6 is 0 Å². The Kier molecular flexibility index (Phi) is 8.61. The fraction of sp³-hybridized carbons (Fsp3) is 0.542. The lowest BCUT2D eigenvalue weighted by Crippen LogP contribution is -2.14. The van der Waals surface area contributed by atoms with Crippen molar-refractivity contribution in [3.63, 3.8) is 0 Å². The molecule has 2 N–H and O–H groups in total.